The zero-order valence-electron chi connectivity index (χ0n) is 7.56. The van der Waals surface area contributed by atoms with E-state index in [1.54, 1.807) is 6.07 Å². The monoisotopic (exact) mass is 287 g/mol. The Labute approximate surface area is 99.3 Å². The van der Waals surface area contributed by atoms with Crippen molar-refractivity contribution in [1.82, 2.24) is 20.2 Å². The molecular formula is C8H7BrClN5. The van der Waals surface area contributed by atoms with Crippen molar-refractivity contribution in [3.8, 4) is 5.69 Å². The highest BCUT2D eigenvalue weighted by atomic mass is 79.9. The van der Waals surface area contributed by atoms with E-state index in [-0.39, 0.29) is 6.54 Å². The van der Waals surface area contributed by atoms with Gasteiger partial charge in [0.05, 0.1) is 17.3 Å². The predicted octanol–water partition coefficient (Wildman–Crippen LogP) is 1.54. The van der Waals surface area contributed by atoms with E-state index in [2.05, 4.69) is 31.5 Å². The van der Waals surface area contributed by atoms with Crippen LogP contribution in [0.15, 0.2) is 22.7 Å². The Bertz CT molecular complexity index is 484. The minimum Gasteiger partial charge on any atom is -0.324 e. The molecule has 0 saturated heterocycles. The van der Waals surface area contributed by atoms with Crippen molar-refractivity contribution in [3.63, 3.8) is 0 Å². The van der Waals surface area contributed by atoms with Crippen molar-refractivity contribution >= 4 is 27.5 Å². The van der Waals surface area contributed by atoms with Crippen molar-refractivity contribution in [2.24, 2.45) is 5.73 Å². The lowest BCUT2D eigenvalue weighted by Gasteiger charge is -2.05. The zero-order valence-corrected chi connectivity index (χ0v) is 9.90. The van der Waals surface area contributed by atoms with E-state index < -0.39 is 0 Å². The average Bonchev–Trinajstić information content (AvgIpc) is 2.69. The highest BCUT2D eigenvalue weighted by molar-refractivity contribution is 9.10. The number of benzene rings is 1. The van der Waals surface area contributed by atoms with Gasteiger partial charge in [-0.05, 0) is 28.6 Å². The van der Waals surface area contributed by atoms with E-state index in [9.17, 15) is 0 Å². The second-order valence-corrected chi connectivity index (χ2v) is 4.13. The van der Waals surface area contributed by atoms with Crippen LogP contribution >= 0.6 is 27.5 Å². The summed E-state index contributed by atoms with van der Waals surface area (Å²) in [5, 5.41) is 11.7. The van der Waals surface area contributed by atoms with Crippen LogP contribution in [0.2, 0.25) is 5.02 Å². The first-order chi connectivity index (χ1) is 7.22. The summed E-state index contributed by atoms with van der Waals surface area (Å²) in [4.78, 5) is 0. The number of nitrogens with zero attached hydrogens (tertiary/aromatic N) is 4. The second kappa shape index (κ2) is 4.26. The fourth-order valence-electron chi connectivity index (χ4n) is 1.17. The van der Waals surface area contributed by atoms with Gasteiger partial charge in [-0.15, -0.1) is 5.10 Å². The molecule has 1 aromatic heterocycles. The highest BCUT2D eigenvalue weighted by Gasteiger charge is 2.10. The van der Waals surface area contributed by atoms with Gasteiger partial charge in [-0.25, -0.2) is 0 Å². The molecule has 1 heterocycles. The number of rotatable bonds is 2. The number of nitrogens with two attached hydrogens (primary N) is 1. The molecule has 7 heteroatoms. The van der Waals surface area contributed by atoms with E-state index in [0.717, 1.165) is 4.47 Å². The molecule has 0 atom stereocenters. The Kier molecular flexibility index (Phi) is 2.99. The van der Waals surface area contributed by atoms with Crippen LogP contribution in [0.25, 0.3) is 5.69 Å². The maximum Gasteiger partial charge on any atom is 0.170 e. The molecule has 1 aromatic carbocycles. The molecule has 0 saturated carbocycles. The first kappa shape index (κ1) is 10.5. The molecule has 0 aliphatic heterocycles. The lowest BCUT2D eigenvalue weighted by atomic mass is 10.3. The fourth-order valence-corrected chi connectivity index (χ4v) is 1.71. The van der Waals surface area contributed by atoms with Crippen LogP contribution in [0.4, 0.5) is 0 Å². The van der Waals surface area contributed by atoms with Crippen LogP contribution in [-0.2, 0) is 6.54 Å². The normalized spacial score (nSPS) is 10.6. The largest absolute Gasteiger partial charge is 0.324 e. The first-order valence-corrected chi connectivity index (χ1v) is 5.32. The molecule has 5 nitrogen and oxygen atoms in total. The number of hydrogen-bond donors (Lipinski definition) is 1. The molecule has 2 N–H and O–H groups in total. The average molecular weight is 289 g/mol. The second-order valence-electron chi connectivity index (χ2n) is 2.81. The van der Waals surface area contributed by atoms with Gasteiger partial charge in [0.1, 0.15) is 0 Å². The molecule has 2 aromatic rings. The van der Waals surface area contributed by atoms with Crippen molar-refractivity contribution < 1.29 is 0 Å². The molecular weight excluding hydrogens is 281 g/mol. The van der Waals surface area contributed by atoms with Crippen LogP contribution < -0.4 is 5.73 Å². The number of halogens is 2. The summed E-state index contributed by atoms with van der Waals surface area (Å²) in [6, 6.07) is 5.44. The third-order valence-corrected chi connectivity index (χ3v) is 2.67. The Morgan fingerprint density at radius 3 is 3.00 bits per heavy atom. The molecule has 2 rings (SSSR count). The first-order valence-electron chi connectivity index (χ1n) is 4.15. The van der Waals surface area contributed by atoms with Crippen molar-refractivity contribution in [2.45, 2.75) is 6.54 Å². The summed E-state index contributed by atoms with van der Waals surface area (Å²) in [5.41, 5.74) is 6.21. The van der Waals surface area contributed by atoms with E-state index >= 15 is 0 Å². The molecule has 0 bridgehead atoms. The summed E-state index contributed by atoms with van der Waals surface area (Å²) in [6.45, 7) is 0.260. The summed E-state index contributed by atoms with van der Waals surface area (Å²) in [5.74, 6) is 0.565. The van der Waals surface area contributed by atoms with E-state index in [4.69, 9.17) is 17.3 Å². The Morgan fingerprint density at radius 1 is 1.47 bits per heavy atom. The van der Waals surface area contributed by atoms with Crippen molar-refractivity contribution in [1.29, 1.82) is 0 Å². The smallest absolute Gasteiger partial charge is 0.170 e. The number of aromatic nitrogens is 4. The van der Waals surface area contributed by atoms with E-state index in [0.29, 0.717) is 16.5 Å². The van der Waals surface area contributed by atoms with Gasteiger partial charge in [-0.3, -0.25) is 0 Å². The van der Waals surface area contributed by atoms with Crippen molar-refractivity contribution in [2.75, 3.05) is 0 Å². The topological polar surface area (TPSA) is 69.6 Å². The zero-order chi connectivity index (χ0) is 10.8. The molecule has 0 unspecified atom stereocenters. The SMILES string of the molecule is NCc1nnnn1-c1cc(Br)ccc1Cl. The van der Waals surface area contributed by atoms with Crippen LogP contribution in [0.3, 0.4) is 0 Å². The third-order valence-electron chi connectivity index (χ3n) is 1.85. The van der Waals surface area contributed by atoms with Gasteiger partial charge in [-0.2, -0.15) is 4.68 Å². The fraction of sp³-hybridized carbons (Fsp3) is 0.125. The summed E-state index contributed by atoms with van der Waals surface area (Å²) in [6.07, 6.45) is 0. The van der Waals surface area contributed by atoms with Gasteiger partial charge in [0.2, 0.25) is 0 Å². The maximum atomic E-state index is 6.04. The Hall–Kier alpha value is -0.980. The lowest BCUT2D eigenvalue weighted by Crippen LogP contribution is -2.08. The van der Waals surface area contributed by atoms with Gasteiger partial charge in [-0.1, -0.05) is 27.5 Å². The highest BCUT2D eigenvalue weighted by Crippen LogP contribution is 2.24. The summed E-state index contributed by atoms with van der Waals surface area (Å²) >= 11 is 9.40. The molecule has 0 spiro atoms. The molecule has 0 radical (unpaired) electrons. The van der Waals surface area contributed by atoms with Crippen LogP contribution in [0, 0.1) is 0 Å². The molecule has 78 valence electrons. The van der Waals surface area contributed by atoms with Gasteiger partial charge in [0.15, 0.2) is 5.82 Å². The number of hydrogen-bond acceptors (Lipinski definition) is 4. The minimum absolute atomic E-state index is 0.260. The van der Waals surface area contributed by atoms with Crippen LogP contribution in [0.1, 0.15) is 5.82 Å². The van der Waals surface area contributed by atoms with Crippen LogP contribution in [-0.4, -0.2) is 20.2 Å². The Balaban J connectivity index is 2.58. The van der Waals surface area contributed by atoms with Gasteiger partial charge in [0, 0.05) is 4.47 Å². The van der Waals surface area contributed by atoms with E-state index in [1.807, 2.05) is 12.1 Å². The van der Waals surface area contributed by atoms with Gasteiger partial charge in [0.25, 0.3) is 0 Å². The van der Waals surface area contributed by atoms with E-state index in [1.165, 1.54) is 4.68 Å². The molecule has 0 fully saturated rings. The summed E-state index contributed by atoms with van der Waals surface area (Å²) in [7, 11) is 0. The Morgan fingerprint density at radius 2 is 2.27 bits per heavy atom. The third kappa shape index (κ3) is 2.01. The van der Waals surface area contributed by atoms with Gasteiger partial charge >= 0.3 is 0 Å². The molecule has 0 amide bonds. The lowest BCUT2D eigenvalue weighted by molar-refractivity contribution is 0.761. The number of tetrazole rings is 1. The predicted molar refractivity (Wildman–Crippen MR) is 59.8 cm³/mol. The molecule has 0 aliphatic carbocycles. The molecule has 0 aliphatic rings. The van der Waals surface area contributed by atoms with Crippen LogP contribution in [0.5, 0.6) is 0 Å². The maximum absolute atomic E-state index is 6.04. The standard InChI is InChI=1S/C8H7BrClN5/c9-5-1-2-6(10)7(3-5)15-8(4-11)12-13-14-15/h1-3H,4,11H2. The quantitative estimate of drug-likeness (QED) is 0.910. The molecule has 15 heavy (non-hydrogen) atoms. The minimum atomic E-state index is 0.260. The van der Waals surface area contributed by atoms with Crippen molar-refractivity contribution in [3.05, 3.63) is 33.5 Å². The van der Waals surface area contributed by atoms with Gasteiger partial charge < -0.3 is 5.73 Å². The summed E-state index contributed by atoms with van der Waals surface area (Å²) < 4.78 is 2.42.